The van der Waals surface area contributed by atoms with Crippen molar-refractivity contribution >= 4 is 12.1 Å². The molecule has 2 aromatic carbocycles. The standard InChI is InChI=1S/C26H32FN3O3/c1-25(2,3)33-24(32)28-20-15-26(4,16-20)29-23(31)30-14-13-17-7-5-6-8-21(17)22(30)18-9-11-19(27)12-10-18/h5-12,20,22H,13-16H2,1-4H3,(H,28,32)(H,29,31)/t20-,22-,26+/m0/s1. The Labute approximate surface area is 194 Å². The summed E-state index contributed by atoms with van der Waals surface area (Å²) in [6.45, 7) is 8.04. The van der Waals surface area contributed by atoms with Crippen molar-refractivity contribution in [2.45, 2.75) is 70.2 Å². The van der Waals surface area contributed by atoms with E-state index in [1.165, 1.54) is 17.7 Å². The normalized spacial score (nSPS) is 24.3. The van der Waals surface area contributed by atoms with Gasteiger partial charge in [-0.3, -0.25) is 0 Å². The number of amides is 3. The Morgan fingerprint density at radius 1 is 1.09 bits per heavy atom. The van der Waals surface area contributed by atoms with E-state index in [1.54, 1.807) is 12.1 Å². The monoisotopic (exact) mass is 453 g/mol. The SMILES string of the molecule is CC(C)(C)OC(=O)N[C@H]1C[C@@](C)(NC(=O)N2CCc3ccccc3[C@@H]2c2ccc(F)cc2)C1. The number of alkyl carbamates (subject to hydrolysis) is 1. The molecule has 1 fully saturated rings. The summed E-state index contributed by atoms with van der Waals surface area (Å²) in [4.78, 5) is 27.3. The van der Waals surface area contributed by atoms with Crippen molar-refractivity contribution in [3.63, 3.8) is 0 Å². The van der Waals surface area contributed by atoms with Gasteiger partial charge in [0.2, 0.25) is 0 Å². The van der Waals surface area contributed by atoms with E-state index in [-0.39, 0.29) is 23.9 Å². The van der Waals surface area contributed by atoms with Crippen LogP contribution in [0.1, 0.15) is 63.3 Å². The largest absolute Gasteiger partial charge is 0.444 e. The molecule has 2 N–H and O–H groups in total. The maximum absolute atomic E-state index is 13.6. The molecule has 0 aromatic heterocycles. The Hall–Kier alpha value is -3.09. The molecule has 3 amide bonds. The predicted octanol–water partition coefficient (Wildman–Crippen LogP) is 4.93. The van der Waals surface area contributed by atoms with Crippen LogP contribution in [0.2, 0.25) is 0 Å². The van der Waals surface area contributed by atoms with E-state index >= 15 is 0 Å². The topological polar surface area (TPSA) is 70.7 Å². The van der Waals surface area contributed by atoms with Crippen LogP contribution >= 0.6 is 0 Å². The van der Waals surface area contributed by atoms with Gasteiger partial charge in [0.1, 0.15) is 11.4 Å². The zero-order valence-electron chi connectivity index (χ0n) is 19.7. The van der Waals surface area contributed by atoms with Crippen molar-refractivity contribution in [1.82, 2.24) is 15.5 Å². The number of hydrogen-bond donors (Lipinski definition) is 2. The number of fused-ring (bicyclic) bond motifs is 1. The minimum absolute atomic E-state index is 0.0415. The molecule has 4 rings (SSSR count). The lowest BCUT2D eigenvalue weighted by atomic mass is 9.74. The molecule has 2 aliphatic rings. The number of nitrogens with zero attached hydrogens (tertiary/aromatic N) is 1. The molecule has 1 atom stereocenters. The number of hydrogen-bond acceptors (Lipinski definition) is 3. The Morgan fingerprint density at radius 2 is 1.76 bits per heavy atom. The first kappa shape index (κ1) is 23.1. The molecule has 33 heavy (non-hydrogen) atoms. The van der Waals surface area contributed by atoms with E-state index in [1.807, 2.05) is 50.8 Å². The van der Waals surface area contributed by atoms with Gasteiger partial charge in [0.05, 0.1) is 6.04 Å². The molecule has 1 heterocycles. The fourth-order valence-electron chi connectivity index (χ4n) is 4.83. The molecular weight excluding hydrogens is 421 g/mol. The van der Waals surface area contributed by atoms with Crippen molar-refractivity contribution < 1.29 is 18.7 Å². The van der Waals surface area contributed by atoms with Gasteiger partial charge in [0.25, 0.3) is 0 Å². The molecule has 7 heteroatoms. The molecule has 0 unspecified atom stereocenters. The number of halogens is 1. The maximum atomic E-state index is 13.6. The minimum Gasteiger partial charge on any atom is -0.444 e. The Morgan fingerprint density at radius 3 is 2.42 bits per heavy atom. The highest BCUT2D eigenvalue weighted by atomic mass is 19.1. The van der Waals surface area contributed by atoms with Gasteiger partial charge in [-0.2, -0.15) is 0 Å². The number of carbonyl (C=O) groups excluding carboxylic acids is 2. The predicted molar refractivity (Wildman–Crippen MR) is 124 cm³/mol. The summed E-state index contributed by atoms with van der Waals surface area (Å²) in [5.41, 5.74) is 2.18. The van der Waals surface area contributed by atoms with Crippen molar-refractivity contribution in [1.29, 1.82) is 0 Å². The molecule has 6 nitrogen and oxygen atoms in total. The van der Waals surface area contributed by atoms with Crippen LogP contribution in [-0.4, -0.2) is 40.8 Å². The van der Waals surface area contributed by atoms with Crippen molar-refractivity contribution in [2.24, 2.45) is 0 Å². The van der Waals surface area contributed by atoms with Gasteiger partial charge in [0.15, 0.2) is 0 Å². The number of rotatable bonds is 3. The summed E-state index contributed by atoms with van der Waals surface area (Å²) in [5, 5.41) is 6.05. The zero-order valence-corrected chi connectivity index (χ0v) is 19.7. The van der Waals surface area contributed by atoms with Gasteiger partial charge < -0.3 is 20.3 Å². The van der Waals surface area contributed by atoms with Gasteiger partial charge in [-0.25, -0.2) is 14.0 Å². The van der Waals surface area contributed by atoms with Crippen LogP contribution < -0.4 is 10.6 Å². The Bertz CT molecular complexity index is 1030. The maximum Gasteiger partial charge on any atom is 0.407 e. The Balaban J connectivity index is 1.45. The number of urea groups is 1. The molecule has 1 aliphatic heterocycles. The smallest absolute Gasteiger partial charge is 0.407 e. The third-order valence-corrected chi connectivity index (χ3v) is 6.25. The second kappa shape index (κ2) is 8.69. The molecule has 0 radical (unpaired) electrons. The van der Waals surface area contributed by atoms with Crippen LogP contribution in [0.15, 0.2) is 48.5 Å². The molecule has 1 saturated carbocycles. The van der Waals surface area contributed by atoms with Crippen LogP contribution in [0.25, 0.3) is 0 Å². The first-order valence-corrected chi connectivity index (χ1v) is 11.4. The quantitative estimate of drug-likeness (QED) is 0.692. The lowest BCUT2D eigenvalue weighted by molar-refractivity contribution is 0.0424. The van der Waals surface area contributed by atoms with Crippen molar-refractivity contribution in [3.05, 3.63) is 71.0 Å². The summed E-state index contributed by atoms with van der Waals surface area (Å²) in [7, 11) is 0. The van der Waals surface area contributed by atoms with Crippen molar-refractivity contribution in [2.75, 3.05) is 6.54 Å². The average molecular weight is 454 g/mol. The van der Waals surface area contributed by atoms with Crippen LogP contribution in [0, 0.1) is 5.82 Å². The van der Waals surface area contributed by atoms with Crippen LogP contribution in [0.4, 0.5) is 14.0 Å². The lowest BCUT2D eigenvalue weighted by Crippen LogP contribution is -2.64. The number of carbonyl (C=O) groups is 2. The molecule has 2 aromatic rings. The zero-order chi connectivity index (χ0) is 23.8. The van der Waals surface area contributed by atoms with Crippen molar-refractivity contribution in [3.8, 4) is 0 Å². The first-order valence-electron chi connectivity index (χ1n) is 11.4. The first-order chi connectivity index (χ1) is 15.5. The lowest BCUT2D eigenvalue weighted by Gasteiger charge is -2.47. The fourth-order valence-corrected chi connectivity index (χ4v) is 4.83. The van der Waals surface area contributed by atoms with E-state index in [4.69, 9.17) is 4.74 Å². The molecule has 0 bridgehead atoms. The van der Waals surface area contributed by atoms with E-state index in [9.17, 15) is 14.0 Å². The van der Waals surface area contributed by atoms with Crippen LogP contribution in [0.5, 0.6) is 0 Å². The van der Waals surface area contributed by atoms with E-state index in [0.29, 0.717) is 19.4 Å². The summed E-state index contributed by atoms with van der Waals surface area (Å²) in [6, 6.07) is 14.0. The van der Waals surface area contributed by atoms with Crippen LogP contribution in [0.3, 0.4) is 0 Å². The molecule has 176 valence electrons. The average Bonchev–Trinajstić information content (AvgIpc) is 2.71. The molecule has 0 saturated heterocycles. The van der Waals surface area contributed by atoms with E-state index in [2.05, 4.69) is 16.7 Å². The third kappa shape index (κ3) is 5.29. The number of ether oxygens (including phenoxy) is 1. The highest BCUT2D eigenvalue weighted by Crippen LogP contribution is 2.37. The molecule has 0 spiro atoms. The number of nitrogens with one attached hydrogen (secondary N) is 2. The van der Waals surface area contributed by atoms with Gasteiger partial charge in [-0.15, -0.1) is 0 Å². The van der Waals surface area contributed by atoms with Gasteiger partial charge in [0, 0.05) is 18.1 Å². The summed E-state index contributed by atoms with van der Waals surface area (Å²) < 4.78 is 18.9. The highest BCUT2D eigenvalue weighted by molar-refractivity contribution is 5.77. The fraction of sp³-hybridized carbons (Fsp3) is 0.462. The molecule has 1 aliphatic carbocycles. The van der Waals surface area contributed by atoms with Gasteiger partial charge in [-0.05, 0) is 75.8 Å². The van der Waals surface area contributed by atoms with Crippen LogP contribution in [-0.2, 0) is 11.2 Å². The Kier molecular flexibility index (Phi) is 6.08. The summed E-state index contributed by atoms with van der Waals surface area (Å²) >= 11 is 0. The number of benzene rings is 2. The molecular formula is C26H32FN3O3. The minimum atomic E-state index is -0.550. The highest BCUT2D eigenvalue weighted by Gasteiger charge is 2.44. The van der Waals surface area contributed by atoms with Gasteiger partial charge >= 0.3 is 12.1 Å². The second-order valence-electron chi connectivity index (χ2n) is 10.3. The van der Waals surface area contributed by atoms with Gasteiger partial charge in [-0.1, -0.05) is 36.4 Å². The third-order valence-electron chi connectivity index (χ3n) is 6.25. The summed E-state index contributed by atoms with van der Waals surface area (Å²) in [6.07, 6.45) is 1.58. The summed E-state index contributed by atoms with van der Waals surface area (Å²) in [5.74, 6) is -0.302. The van der Waals surface area contributed by atoms with E-state index in [0.717, 1.165) is 17.5 Å². The second-order valence-corrected chi connectivity index (χ2v) is 10.3. The van der Waals surface area contributed by atoms with E-state index < -0.39 is 17.2 Å².